The molecule has 20 heavy (non-hydrogen) atoms. The zero-order valence-electron chi connectivity index (χ0n) is 11.5. The number of nitriles is 1. The van der Waals surface area contributed by atoms with Gasteiger partial charge in [0.15, 0.2) is 6.61 Å². The summed E-state index contributed by atoms with van der Waals surface area (Å²) in [7, 11) is 0. The van der Waals surface area contributed by atoms with E-state index in [1.54, 1.807) is 24.3 Å². The highest BCUT2D eigenvalue weighted by Gasteiger charge is 2.36. The first-order chi connectivity index (χ1) is 9.67. The highest BCUT2D eigenvalue weighted by molar-refractivity contribution is 8.00. The minimum absolute atomic E-state index is 0.0103. The number of rotatable bonds is 6. The Hall–Kier alpha value is -1.67. The Kier molecular flexibility index (Phi) is 4.91. The third-order valence-corrected chi connectivity index (χ3v) is 5.08. The van der Waals surface area contributed by atoms with Gasteiger partial charge in [-0.2, -0.15) is 17.0 Å². The molecular weight excluding hydrogens is 272 g/mol. The molecule has 1 saturated carbocycles. The Morgan fingerprint density at radius 3 is 2.65 bits per heavy atom. The van der Waals surface area contributed by atoms with Gasteiger partial charge in [0, 0.05) is 11.3 Å². The number of ether oxygens (including phenoxy) is 1. The molecule has 1 aliphatic rings. The van der Waals surface area contributed by atoms with Crippen LogP contribution in [-0.4, -0.2) is 30.1 Å². The summed E-state index contributed by atoms with van der Waals surface area (Å²) < 4.78 is 5.63. The number of hydrogen-bond acceptors (Lipinski definition) is 4. The maximum absolute atomic E-state index is 11.7. The topological polar surface area (TPSA) is 62.1 Å². The van der Waals surface area contributed by atoms with Crippen molar-refractivity contribution in [3.05, 3.63) is 29.8 Å². The maximum Gasteiger partial charge on any atom is 0.257 e. The van der Waals surface area contributed by atoms with Crippen LogP contribution in [0.15, 0.2) is 24.3 Å². The molecule has 1 aromatic rings. The van der Waals surface area contributed by atoms with Gasteiger partial charge in [0.25, 0.3) is 5.91 Å². The van der Waals surface area contributed by atoms with Gasteiger partial charge in [-0.25, -0.2) is 0 Å². The van der Waals surface area contributed by atoms with Crippen LogP contribution in [-0.2, 0) is 4.79 Å². The average Bonchev–Trinajstić information content (AvgIpc) is 2.45. The highest BCUT2D eigenvalue weighted by atomic mass is 32.2. The van der Waals surface area contributed by atoms with E-state index in [1.807, 2.05) is 17.8 Å². The molecule has 0 unspecified atom stereocenters. The summed E-state index contributed by atoms with van der Waals surface area (Å²) in [6.45, 7) is 0.722. The first-order valence-corrected chi connectivity index (χ1v) is 7.85. The second-order valence-corrected chi connectivity index (χ2v) is 6.22. The molecule has 0 atom stereocenters. The molecular formula is C15H18N2O2S. The molecule has 1 fully saturated rings. The zero-order valence-corrected chi connectivity index (χ0v) is 12.3. The lowest BCUT2D eigenvalue weighted by molar-refractivity contribution is -0.123. The Morgan fingerprint density at radius 1 is 1.45 bits per heavy atom. The van der Waals surface area contributed by atoms with Crippen molar-refractivity contribution in [3.8, 4) is 11.8 Å². The SMILES string of the molecule is CSC1(CNC(=O)COc2ccc(C#N)cc2)CCC1. The molecule has 4 nitrogen and oxygen atoms in total. The van der Waals surface area contributed by atoms with Crippen molar-refractivity contribution < 1.29 is 9.53 Å². The minimum Gasteiger partial charge on any atom is -0.484 e. The van der Waals surface area contributed by atoms with Crippen molar-refractivity contribution in [1.82, 2.24) is 5.32 Å². The summed E-state index contributed by atoms with van der Waals surface area (Å²) in [5.74, 6) is 0.497. The molecule has 0 saturated heterocycles. The molecule has 0 radical (unpaired) electrons. The van der Waals surface area contributed by atoms with Gasteiger partial charge >= 0.3 is 0 Å². The van der Waals surface area contributed by atoms with Crippen molar-refractivity contribution in [2.75, 3.05) is 19.4 Å². The van der Waals surface area contributed by atoms with Crippen LogP contribution < -0.4 is 10.1 Å². The maximum atomic E-state index is 11.7. The smallest absolute Gasteiger partial charge is 0.257 e. The quantitative estimate of drug-likeness (QED) is 0.873. The zero-order chi connectivity index (χ0) is 14.4. The monoisotopic (exact) mass is 290 g/mol. The van der Waals surface area contributed by atoms with Gasteiger partial charge in [0.2, 0.25) is 0 Å². The molecule has 1 aromatic carbocycles. The number of nitrogens with one attached hydrogen (secondary N) is 1. The Labute approximate surface area is 123 Å². The molecule has 1 aliphatic carbocycles. The molecule has 106 valence electrons. The average molecular weight is 290 g/mol. The molecule has 2 rings (SSSR count). The summed E-state index contributed by atoms with van der Waals surface area (Å²) in [6, 6.07) is 8.77. The second-order valence-electron chi connectivity index (χ2n) is 4.94. The summed E-state index contributed by atoms with van der Waals surface area (Å²) in [4.78, 5) is 11.7. The number of carbonyl (C=O) groups is 1. The number of amides is 1. The van der Waals surface area contributed by atoms with E-state index in [9.17, 15) is 4.79 Å². The van der Waals surface area contributed by atoms with Crippen molar-refractivity contribution >= 4 is 17.7 Å². The van der Waals surface area contributed by atoms with Crippen LogP contribution in [0.2, 0.25) is 0 Å². The third kappa shape index (κ3) is 3.67. The van der Waals surface area contributed by atoms with Crippen molar-refractivity contribution in [1.29, 1.82) is 5.26 Å². The lowest BCUT2D eigenvalue weighted by Gasteiger charge is -2.40. The molecule has 0 aromatic heterocycles. The standard InChI is InChI=1S/C15H18N2O2S/c1-20-15(7-2-8-15)11-17-14(18)10-19-13-5-3-12(9-16)4-6-13/h3-6H,2,7-8,10-11H2,1H3,(H,17,18). The molecule has 0 spiro atoms. The van der Waals surface area contributed by atoms with Crippen LogP contribution in [0.25, 0.3) is 0 Å². The van der Waals surface area contributed by atoms with E-state index in [1.165, 1.54) is 19.3 Å². The Balaban J connectivity index is 1.73. The van der Waals surface area contributed by atoms with Crippen molar-refractivity contribution in [2.24, 2.45) is 0 Å². The van der Waals surface area contributed by atoms with Gasteiger partial charge in [-0.1, -0.05) is 6.42 Å². The minimum atomic E-state index is -0.102. The van der Waals surface area contributed by atoms with E-state index in [0.717, 1.165) is 0 Å². The van der Waals surface area contributed by atoms with E-state index in [2.05, 4.69) is 11.6 Å². The molecule has 0 heterocycles. The summed E-state index contributed by atoms with van der Waals surface area (Å²) >= 11 is 1.83. The van der Waals surface area contributed by atoms with Crippen LogP contribution >= 0.6 is 11.8 Å². The molecule has 5 heteroatoms. The van der Waals surface area contributed by atoms with E-state index >= 15 is 0 Å². The fraction of sp³-hybridized carbons (Fsp3) is 0.467. The summed E-state index contributed by atoms with van der Waals surface area (Å²) in [6.07, 6.45) is 5.69. The molecule has 0 bridgehead atoms. The normalized spacial score (nSPS) is 15.8. The van der Waals surface area contributed by atoms with Gasteiger partial charge in [-0.15, -0.1) is 0 Å². The third-order valence-electron chi connectivity index (χ3n) is 3.66. The fourth-order valence-electron chi connectivity index (χ4n) is 2.11. The van der Waals surface area contributed by atoms with Crippen LogP contribution in [0.5, 0.6) is 5.75 Å². The molecule has 1 N–H and O–H groups in total. The molecule has 0 aliphatic heterocycles. The van der Waals surface area contributed by atoms with E-state index < -0.39 is 0 Å². The lowest BCUT2D eigenvalue weighted by Crippen LogP contribution is -2.46. The Morgan fingerprint density at radius 2 is 2.15 bits per heavy atom. The first kappa shape index (κ1) is 14.7. The largest absolute Gasteiger partial charge is 0.484 e. The Bertz CT molecular complexity index is 498. The number of hydrogen-bond donors (Lipinski definition) is 1. The van der Waals surface area contributed by atoms with Crippen LogP contribution in [0.4, 0.5) is 0 Å². The predicted octanol–water partition coefficient (Wildman–Crippen LogP) is 2.34. The highest BCUT2D eigenvalue weighted by Crippen LogP contribution is 2.42. The number of benzene rings is 1. The molecule has 1 amide bonds. The van der Waals surface area contributed by atoms with Crippen LogP contribution in [0.3, 0.4) is 0 Å². The van der Waals surface area contributed by atoms with E-state index in [0.29, 0.717) is 17.9 Å². The van der Waals surface area contributed by atoms with Gasteiger partial charge in [-0.3, -0.25) is 4.79 Å². The van der Waals surface area contributed by atoms with E-state index in [-0.39, 0.29) is 17.3 Å². The van der Waals surface area contributed by atoms with Crippen LogP contribution in [0.1, 0.15) is 24.8 Å². The fourth-order valence-corrected chi connectivity index (χ4v) is 3.02. The van der Waals surface area contributed by atoms with Gasteiger partial charge in [0.05, 0.1) is 11.6 Å². The van der Waals surface area contributed by atoms with Gasteiger partial charge < -0.3 is 10.1 Å². The number of nitrogens with zero attached hydrogens (tertiary/aromatic N) is 1. The van der Waals surface area contributed by atoms with E-state index in [4.69, 9.17) is 10.00 Å². The lowest BCUT2D eigenvalue weighted by atomic mass is 9.84. The second kappa shape index (κ2) is 6.67. The number of carbonyl (C=O) groups excluding carboxylic acids is 1. The van der Waals surface area contributed by atoms with Crippen LogP contribution in [0, 0.1) is 11.3 Å². The first-order valence-electron chi connectivity index (χ1n) is 6.62. The summed E-state index contributed by atoms with van der Waals surface area (Å²) in [5.41, 5.74) is 0.577. The van der Waals surface area contributed by atoms with Crippen molar-refractivity contribution in [3.63, 3.8) is 0 Å². The van der Waals surface area contributed by atoms with Gasteiger partial charge in [-0.05, 0) is 43.4 Å². The van der Waals surface area contributed by atoms with Crippen molar-refractivity contribution in [2.45, 2.75) is 24.0 Å². The number of thioether (sulfide) groups is 1. The summed E-state index contributed by atoms with van der Waals surface area (Å²) in [5, 5.41) is 11.6. The predicted molar refractivity (Wildman–Crippen MR) is 79.8 cm³/mol. The van der Waals surface area contributed by atoms with Gasteiger partial charge in [0.1, 0.15) is 5.75 Å².